The third-order valence-electron chi connectivity index (χ3n) is 8.26. The van der Waals surface area contributed by atoms with Gasteiger partial charge in [0, 0.05) is 53.7 Å². The van der Waals surface area contributed by atoms with Crippen molar-refractivity contribution in [3.8, 4) is 0 Å². The zero-order valence-corrected chi connectivity index (χ0v) is 21.6. The van der Waals surface area contributed by atoms with Crippen LogP contribution < -0.4 is 10.0 Å². The number of amides is 1. The number of aromatic nitrogens is 1. The lowest BCUT2D eigenvalue weighted by molar-refractivity contribution is -0.128. The molecule has 1 aromatic carbocycles. The van der Waals surface area contributed by atoms with Crippen LogP contribution in [-0.4, -0.2) is 61.8 Å². The second-order valence-electron chi connectivity index (χ2n) is 11.1. The molecule has 0 bridgehead atoms. The maximum atomic E-state index is 13.3. The van der Waals surface area contributed by atoms with Crippen molar-refractivity contribution in [2.24, 2.45) is 5.92 Å². The van der Waals surface area contributed by atoms with Gasteiger partial charge in [0.2, 0.25) is 15.9 Å². The van der Waals surface area contributed by atoms with Gasteiger partial charge in [0.1, 0.15) is 0 Å². The Morgan fingerprint density at radius 1 is 1.12 bits per heavy atom. The maximum Gasteiger partial charge on any atom is 0.224 e. The largest absolute Gasteiger partial charge is 0.353 e. The summed E-state index contributed by atoms with van der Waals surface area (Å²) in [5, 5.41) is 4.71. The third-order valence-corrected chi connectivity index (χ3v) is 9.02. The highest BCUT2D eigenvalue weighted by atomic mass is 32.2. The molecule has 1 aliphatic heterocycles. The molecule has 2 aromatic rings. The van der Waals surface area contributed by atoms with Gasteiger partial charge in [-0.1, -0.05) is 12.1 Å². The van der Waals surface area contributed by atoms with E-state index in [1.807, 2.05) is 0 Å². The minimum atomic E-state index is -3.18. The van der Waals surface area contributed by atoms with E-state index >= 15 is 0 Å². The molecule has 7 nitrogen and oxygen atoms in total. The summed E-state index contributed by atoms with van der Waals surface area (Å²) in [5.41, 5.74) is 4.16. The van der Waals surface area contributed by atoms with Gasteiger partial charge in [-0.3, -0.25) is 4.79 Å². The van der Waals surface area contributed by atoms with Crippen LogP contribution in [0, 0.1) is 5.92 Å². The van der Waals surface area contributed by atoms with E-state index in [1.165, 1.54) is 28.3 Å². The van der Waals surface area contributed by atoms with E-state index in [-0.39, 0.29) is 23.9 Å². The van der Waals surface area contributed by atoms with Crippen LogP contribution >= 0.6 is 0 Å². The normalized spacial score (nSPS) is 29.9. The zero-order valence-electron chi connectivity index (χ0n) is 20.8. The Labute approximate surface area is 203 Å². The summed E-state index contributed by atoms with van der Waals surface area (Å²) in [4.78, 5) is 15.7. The van der Waals surface area contributed by atoms with E-state index in [9.17, 15) is 13.2 Å². The van der Waals surface area contributed by atoms with Crippen molar-refractivity contribution < 1.29 is 13.2 Å². The van der Waals surface area contributed by atoms with Gasteiger partial charge in [-0.25, -0.2) is 13.1 Å². The first-order valence-corrected chi connectivity index (χ1v) is 14.6. The topological polar surface area (TPSA) is 83.4 Å². The van der Waals surface area contributed by atoms with Crippen molar-refractivity contribution in [3.05, 3.63) is 35.5 Å². The van der Waals surface area contributed by atoms with Gasteiger partial charge < -0.3 is 14.8 Å². The summed E-state index contributed by atoms with van der Waals surface area (Å²) in [5.74, 6) is 0.494. The predicted molar refractivity (Wildman–Crippen MR) is 135 cm³/mol. The smallest absolute Gasteiger partial charge is 0.224 e. The Morgan fingerprint density at radius 2 is 1.82 bits per heavy atom. The van der Waals surface area contributed by atoms with Gasteiger partial charge >= 0.3 is 0 Å². The van der Waals surface area contributed by atoms with Crippen molar-refractivity contribution >= 4 is 26.8 Å². The molecule has 0 unspecified atom stereocenters. The Kier molecular flexibility index (Phi) is 6.27. The van der Waals surface area contributed by atoms with Crippen molar-refractivity contribution in [2.45, 2.75) is 82.5 Å². The molecule has 34 heavy (non-hydrogen) atoms. The van der Waals surface area contributed by atoms with Crippen LogP contribution in [0.15, 0.2) is 24.4 Å². The lowest BCUT2D eigenvalue weighted by Crippen LogP contribution is -2.53. The first-order chi connectivity index (χ1) is 16.1. The number of benzene rings is 1. The average molecular weight is 487 g/mol. The van der Waals surface area contributed by atoms with Crippen LogP contribution in [0.1, 0.15) is 69.0 Å². The van der Waals surface area contributed by atoms with Crippen LogP contribution in [0.3, 0.4) is 0 Å². The minimum Gasteiger partial charge on any atom is -0.353 e. The molecule has 186 valence electrons. The molecule has 2 fully saturated rings. The monoisotopic (exact) mass is 486 g/mol. The molecule has 1 aromatic heterocycles. The minimum absolute atomic E-state index is 0.0141. The highest BCUT2D eigenvalue weighted by molar-refractivity contribution is 7.88. The van der Waals surface area contributed by atoms with Crippen molar-refractivity contribution in [2.75, 3.05) is 19.8 Å². The zero-order chi connectivity index (χ0) is 24.2. The lowest BCUT2D eigenvalue weighted by Gasteiger charge is -2.45. The molecule has 3 aliphatic rings. The molecule has 2 heterocycles. The Bertz CT molecular complexity index is 1180. The number of carbonyl (C=O) groups is 1. The Balaban J connectivity index is 1.29. The number of likely N-dealkylation sites (N-methyl/N-ethyl adjacent to an activating group) is 1. The molecule has 1 amide bonds. The van der Waals surface area contributed by atoms with Crippen LogP contribution in [0.5, 0.6) is 0 Å². The fourth-order valence-corrected chi connectivity index (χ4v) is 7.51. The van der Waals surface area contributed by atoms with Gasteiger partial charge in [-0.15, -0.1) is 0 Å². The summed E-state index contributed by atoms with van der Waals surface area (Å²) < 4.78 is 28.1. The predicted octanol–water partition coefficient (Wildman–Crippen LogP) is 3.16. The molecule has 0 spiro atoms. The number of piperidine rings is 1. The fraction of sp³-hybridized carbons (Fsp3) is 0.654. The molecule has 5 rings (SSSR count). The third kappa shape index (κ3) is 4.52. The molecule has 1 saturated heterocycles. The molecule has 3 atom stereocenters. The number of carbonyl (C=O) groups excluding carboxylic acids is 1. The number of nitrogens with one attached hydrogen (secondary N) is 2. The van der Waals surface area contributed by atoms with Crippen molar-refractivity contribution in [1.82, 2.24) is 19.5 Å². The highest BCUT2D eigenvalue weighted by Crippen LogP contribution is 2.45. The van der Waals surface area contributed by atoms with E-state index in [0.717, 1.165) is 45.1 Å². The summed E-state index contributed by atoms with van der Waals surface area (Å²) in [6.45, 7) is 5.25. The van der Waals surface area contributed by atoms with E-state index in [0.29, 0.717) is 18.0 Å². The van der Waals surface area contributed by atoms with E-state index in [1.54, 1.807) is 0 Å². The van der Waals surface area contributed by atoms with Gasteiger partial charge in [-0.2, -0.15) is 0 Å². The first-order valence-electron chi connectivity index (χ1n) is 12.7. The fourth-order valence-electron chi connectivity index (χ4n) is 6.67. The second kappa shape index (κ2) is 8.95. The quantitative estimate of drug-likeness (QED) is 0.680. The molecule has 0 radical (unpaired) electrons. The number of nitrogens with zero attached hydrogens (tertiary/aromatic N) is 2. The van der Waals surface area contributed by atoms with Crippen LogP contribution in [0.25, 0.3) is 10.9 Å². The van der Waals surface area contributed by atoms with E-state index < -0.39 is 10.0 Å². The number of rotatable bonds is 5. The van der Waals surface area contributed by atoms with Gasteiger partial charge in [0.25, 0.3) is 0 Å². The summed E-state index contributed by atoms with van der Waals surface area (Å²) in [6, 6.07) is 7.66. The van der Waals surface area contributed by atoms with Gasteiger partial charge in [-0.05, 0) is 76.6 Å². The summed E-state index contributed by atoms with van der Waals surface area (Å²) in [6.07, 6.45) is 8.65. The van der Waals surface area contributed by atoms with Crippen LogP contribution in [-0.2, 0) is 21.2 Å². The molecule has 1 saturated carbocycles. The Morgan fingerprint density at radius 3 is 2.50 bits per heavy atom. The van der Waals surface area contributed by atoms with Gasteiger partial charge in [0.15, 0.2) is 0 Å². The molecule has 2 N–H and O–H groups in total. The molecule has 2 aliphatic carbocycles. The first kappa shape index (κ1) is 23.8. The van der Waals surface area contributed by atoms with Gasteiger partial charge in [0.05, 0.1) is 12.2 Å². The number of hydrogen-bond donors (Lipinski definition) is 2. The molecular formula is C26H38N4O3S. The van der Waals surface area contributed by atoms with Crippen molar-refractivity contribution in [1.29, 1.82) is 0 Å². The number of fused-ring (bicyclic) bond motifs is 2. The lowest BCUT2D eigenvalue weighted by atomic mass is 9.72. The SMILES string of the molecule is CC(C)n1cc2c3c(cccc31)[C@H]1C[C@@H](C(=O)N[C@H]3CC[C@H](NS(C)(=O)=O)CC3)CN(C)[C@@H]1C2. The molecule has 8 heteroatoms. The average Bonchev–Trinajstić information content (AvgIpc) is 3.15. The second-order valence-corrected chi connectivity index (χ2v) is 12.9. The summed E-state index contributed by atoms with van der Waals surface area (Å²) in [7, 11) is -1.01. The number of hydrogen-bond acceptors (Lipinski definition) is 4. The Hall–Kier alpha value is -1.90. The van der Waals surface area contributed by atoms with Crippen molar-refractivity contribution in [3.63, 3.8) is 0 Å². The van der Waals surface area contributed by atoms with Crippen LogP contribution in [0.4, 0.5) is 0 Å². The van der Waals surface area contributed by atoms with E-state index in [4.69, 9.17) is 0 Å². The van der Waals surface area contributed by atoms with E-state index in [2.05, 4.69) is 64.8 Å². The number of likely N-dealkylation sites (tertiary alicyclic amines) is 1. The maximum absolute atomic E-state index is 13.3. The van der Waals surface area contributed by atoms with Crippen LogP contribution in [0.2, 0.25) is 0 Å². The highest BCUT2D eigenvalue weighted by Gasteiger charge is 2.42. The standard InChI is InChI=1S/C26H38N4O3S/c1-16(2)30-15-17-13-24-22(21-6-5-7-23(30)25(17)21)12-18(14-29(24)3)26(31)27-19-8-10-20(11-9-19)28-34(4,32)33/h5-7,15-16,18-20,22,24,28H,8-14H2,1-4H3,(H,27,31)/t18-,19-,20-,22-,24-/m1/s1. The number of sulfonamides is 1. The molecular weight excluding hydrogens is 448 g/mol. The summed E-state index contributed by atoms with van der Waals surface area (Å²) >= 11 is 0.